The predicted molar refractivity (Wildman–Crippen MR) is 85.2 cm³/mol. The van der Waals surface area contributed by atoms with Gasteiger partial charge in [0.2, 0.25) is 10.0 Å². The van der Waals surface area contributed by atoms with Crippen LogP contribution >= 0.6 is 0 Å². The van der Waals surface area contributed by atoms with Gasteiger partial charge in [0, 0.05) is 13.1 Å². The molecule has 1 aliphatic heterocycles. The third-order valence-electron chi connectivity index (χ3n) is 4.02. The van der Waals surface area contributed by atoms with Crippen molar-refractivity contribution in [3.8, 4) is 0 Å². The lowest BCUT2D eigenvalue weighted by Gasteiger charge is -2.38. The number of hydrogen-bond acceptors (Lipinski definition) is 3. The highest BCUT2D eigenvalue weighted by Crippen LogP contribution is 2.36. The average molecular weight is 389 g/mol. The van der Waals surface area contributed by atoms with Gasteiger partial charge in [-0.15, -0.1) is 0 Å². The van der Waals surface area contributed by atoms with Gasteiger partial charge in [0.1, 0.15) is 5.82 Å². The molecule has 9 heteroatoms. The first-order valence-electron chi connectivity index (χ1n) is 7.70. The van der Waals surface area contributed by atoms with E-state index in [1.807, 2.05) is 0 Å². The first kappa shape index (κ1) is 18.8. The molecule has 0 aromatic heterocycles. The summed E-state index contributed by atoms with van der Waals surface area (Å²) >= 11 is 0. The van der Waals surface area contributed by atoms with E-state index in [2.05, 4.69) is 0 Å². The summed E-state index contributed by atoms with van der Waals surface area (Å²) in [4.78, 5) is -0.760. The zero-order valence-corrected chi connectivity index (χ0v) is 14.2. The minimum atomic E-state index is -4.76. The summed E-state index contributed by atoms with van der Waals surface area (Å²) < 4.78 is 83.4. The summed E-state index contributed by atoms with van der Waals surface area (Å²) in [6.07, 6.45) is -5.18. The number of alkyl halides is 3. The van der Waals surface area contributed by atoms with Gasteiger partial charge in [-0.25, -0.2) is 12.8 Å². The van der Waals surface area contributed by atoms with Crippen molar-refractivity contribution in [2.75, 3.05) is 13.1 Å². The molecule has 26 heavy (non-hydrogen) atoms. The first-order chi connectivity index (χ1) is 12.2. The second kappa shape index (κ2) is 6.98. The lowest BCUT2D eigenvalue weighted by Crippen LogP contribution is -2.54. The molecular formula is C17H15F4NO3S. The van der Waals surface area contributed by atoms with Crippen molar-refractivity contribution < 1.29 is 30.7 Å². The van der Waals surface area contributed by atoms with E-state index in [0.717, 1.165) is 28.1 Å². The zero-order valence-electron chi connectivity index (χ0n) is 13.4. The predicted octanol–water partition coefficient (Wildman–Crippen LogP) is 3.43. The highest BCUT2D eigenvalue weighted by molar-refractivity contribution is 7.89. The number of halogens is 4. The Morgan fingerprint density at radius 1 is 1.04 bits per heavy atom. The lowest BCUT2D eigenvalue weighted by molar-refractivity contribution is -0.140. The van der Waals surface area contributed by atoms with Gasteiger partial charge in [0.15, 0.2) is 0 Å². The maximum atomic E-state index is 13.0. The van der Waals surface area contributed by atoms with Crippen molar-refractivity contribution in [2.45, 2.75) is 23.8 Å². The van der Waals surface area contributed by atoms with Crippen LogP contribution < -0.4 is 0 Å². The number of rotatable bonds is 5. The van der Waals surface area contributed by atoms with Crippen LogP contribution in [0.15, 0.2) is 53.4 Å². The fraction of sp³-hybridized carbons (Fsp3) is 0.294. The van der Waals surface area contributed by atoms with Crippen LogP contribution in [0.25, 0.3) is 0 Å². The van der Waals surface area contributed by atoms with E-state index in [-0.39, 0.29) is 25.5 Å². The van der Waals surface area contributed by atoms with Crippen molar-refractivity contribution in [1.29, 1.82) is 0 Å². The van der Waals surface area contributed by atoms with E-state index in [9.17, 15) is 26.0 Å². The first-order valence-corrected chi connectivity index (χ1v) is 9.14. The van der Waals surface area contributed by atoms with Gasteiger partial charge in [-0.05, 0) is 29.8 Å². The van der Waals surface area contributed by atoms with E-state index >= 15 is 0 Å². The third kappa shape index (κ3) is 3.89. The molecule has 1 aliphatic rings. The van der Waals surface area contributed by atoms with Crippen LogP contribution in [-0.4, -0.2) is 31.9 Å². The third-order valence-corrected chi connectivity index (χ3v) is 5.91. The topological polar surface area (TPSA) is 46.6 Å². The Bertz CT molecular complexity index is 876. The van der Waals surface area contributed by atoms with Gasteiger partial charge in [-0.1, -0.05) is 24.3 Å². The standard InChI is InChI=1S/C17H15F4NO3S/c18-13-7-5-12(6-8-13)11-25-14-9-22(10-14)26(23,24)16-4-2-1-3-15(16)17(19,20)21/h1-8,14H,9-11H2. The van der Waals surface area contributed by atoms with Gasteiger partial charge in [-0.2, -0.15) is 17.5 Å². The maximum absolute atomic E-state index is 13.0. The number of hydrogen-bond donors (Lipinski definition) is 0. The minimum absolute atomic E-state index is 0.0320. The van der Waals surface area contributed by atoms with E-state index in [1.165, 1.54) is 18.2 Å². The summed E-state index contributed by atoms with van der Waals surface area (Å²) in [7, 11) is -4.25. The highest BCUT2D eigenvalue weighted by atomic mass is 32.2. The molecule has 0 bridgehead atoms. The molecule has 0 saturated carbocycles. The number of benzene rings is 2. The molecule has 0 unspecified atom stereocenters. The van der Waals surface area contributed by atoms with Gasteiger partial charge < -0.3 is 4.74 Å². The monoisotopic (exact) mass is 389 g/mol. The molecular weight excluding hydrogens is 374 g/mol. The fourth-order valence-electron chi connectivity index (χ4n) is 2.56. The quantitative estimate of drug-likeness (QED) is 0.736. The Labute approximate surface area is 148 Å². The Kier molecular flexibility index (Phi) is 5.05. The van der Waals surface area contributed by atoms with Crippen LogP contribution in [0, 0.1) is 5.82 Å². The molecule has 0 aliphatic carbocycles. The number of nitrogens with zero attached hydrogens (tertiary/aromatic N) is 1. The molecule has 2 aromatic rings. The van der Waals surface area contributed by atoms with Gasteiger partial charge >= 0.3 is 6.18 Å². The van der Waals surface area contributed by atoms with Crippen LogP contribution in [0.4, 0.5) is 17.6 Å². The molecule has 0 spiro atoms. The Morgan fingerprint density at radius 3 is 2.27 bits per heavy atom. The molecule has 4 nitrogen and oxygen atoms in total. The average Bonchev–Trinajstić information content (AvgIpc) is 2.54. The van der Waals surface area contributed by atoms with E-state index in [4.69, 9.17) is 4.74 Å². The van der Waals surface area contributed by atoms with Crippen molar-refractivity contribution in [1.82, 2.24) is 4.31 Å². The van der Waals surface area contributed by atoms with Crippen molar-refractivity contribution >= 4 is 10.0 Å². The highest BCUT2D eigenvalue weighted by Gasteiger charge is 2.42. The van der Waals surface area contributed by atoms with Gasteiger partial charge in [0.05, 0.1) is 23.2 Å². The van der Waals surface area contributed by atoms with Crippen molar-refractivity contribution in [3.05, 3.63) is 65.5 Å². The van der Waals surface area contributed by atoms with Gasteiger partial charge in [-0.3, -0.25) is 0 Å². The Morgan fingerprint density at radius 2 is 1.65 bits per heavy atom. The van der Waals surface area contributed by atoms with Crippen LogP contribution in [0.5, 0.6) is 0 Å². The smallest absolute Gasteiger partial charge is 0.371 e. The van der Waals surface area contributed by atoms with Crippen LogP contribution in [-0.2, 0) is 27.5 Å². The number of ether oxygens (including phenoxy) is 1. The Hall–Kier alpha value is -1.97. The molecule has 2 aromatic carbocycles. The molecule has 1 heterocycles. The zero-order chi connectivity index (χ0) is 18.9. The fourth-order valence-corrected chi connectivity index (χ4v) is 4.28. The van der Waals surface area contributed by atoms with Gasteiger partial charge in [0.25, 0.3) is 0 Å². The van der Waals surface area contributed by atoms with E-state index in [1.54, 1.807) is 12.1 Å². The molecule has 0 N–H and O–H groups in total. The second-order valence-electron chi connectivity index (χ2n) is 5.88. The lowest BCUT2D eigenvalue weighted by atomic mass is 10.2. The molecule has 0 amide bonds. The van der Waals surface area contributed by atoms with Crippen LogP contribution in [0.3, 0.4) is 0 Å². The van der Waals surface area contributed by atoms with Crippen LogP contribution in [0.1, 0.15) is 11.1 Å². The summed E-state index contributed by atoms with van der Waals surface area (Å²) in [5, 5.41) is 0. The second-order valence-corrected chi connectivity index (χ2v) is 7.78. The molecule has 0 radical (unpaired) electrons. The summed E-state index contributed by atoms with van der Waals surface area (Å²) in [6.45, 7) is 0.101. The summed E-state index contributed by atoms with van der Waals surface area (Å²) in [5.41, 5.74) is -0.467. The maximum Gasteiger partial charge on any atom is 0.417 e. The summed E-state index contributed by atoms with van der Waals surface area (Å²) in [6, 6.07) is 9.75. The number of sulfonamides is 1. The van der Waals surface area contributed by atoms with Crippen molar-refractivity contribution in [2.24, 2.45) is 0 Å². The van der Waals surface area contributed by atoms with E-state index in [0.29, 0.717) is 0 Å². The SMILES string of the molecule is O=S(=O)(c1ccccc1C(F)(F)F)N1CC(OCc2ccc(F)cc2)C1. The molecule has 1 fully saturated rings. The van der Waals surface area contributed by atoms with E-state index < -0.39 is 32.8 Å². The molecule has 1 saturated heterocycles. The van der Waals surface area contributed by atoms with Crippen molar-refractivity contribution in [3.63, 3.8) is 0 Å². The molecule has 0 atom stereocenters. The normalized spacial score (nSPS) is 16.5. The largest absolute Gasteiger partial charge is 0.417 e. The van der Waals surface area contributed by atoms with Crippen LogP contribution in [0.2, 0.25) is 0 Å². The molecule has 140 valence electrons. The minimum Gasteiger partial charge on any atom is -0.371 e. The molecule has 3 rings (SSSR count). The summed E-state index contributed by atoms with van der Waals surface area (Å²) in [5.74, 6) is -0.377. The Balaban J connectivity index is 1.64.